The van der Waals surface area contributed by atoms with Crippen molar-refractivity contribution in [1.82, 2.24) is 4.98 Å². The van der Waals surface area contributed by atoms with Gasteiger partial charge >= 0.3 is 0 Å². The Bertz CT molecular complexity index is 523. The highest BCUT2D eigenvalue weighted by atomic mass is 16.6. The second-order valence-corrected chi connectivity index (χ2v) is 3.55. The summed E-state index contributed by atoms with van der Waals surface area (Å²) in [6.45, 7) is 2.10. The summed E-state index contributed by atoms with van der Waals surface area (Å²) in [5, 5.41) is 13.7. The van der Waals surface area contributed by atoms with Gasteiger partial charge in [-0.2, -0.15) is 0 Å². The van der Waals surface area contributed by atoms with Gasteiger partial charge < -0.3 is 9.73 Å². The van der Waals surface area contributed by atoms with Crippen molar-refractivity contribution in [3.63, 3.8) is 0 Å². The van der Waals surface area contributed by atoms with Crippen molar-refractivity contribution in [2.24, 2.45) is 0 Å². The summed E-state index contributed by atoms with van der Waals surface area (Å²) in [6, 6.07) is 5.01. The molecule has 0 saturated carbocycles. The SMILES string of the molecule is Cc1cnc(NCc2ccco2)cc1[N+](=O)[O-]. The van der Waals surface area contributed by atoms with Crippen LogP contribution in [0, 0.1) is 17.0 Å². The third kappa shape index (κ3) is 2.60. The van der Waals surface area contributed by atoms with Gasteiger partial charge in [0.05, 0.1) is 23.8 Å². The van der Waals surface area contributed by atoms with Gasteiger partial charge in [-0.1, -0.05) is 0 Å². The van der Waals surface area contributed by atoms with Crippen molar-refractivity contribution in [2.75, 3.05) is 5.32 Å². The molecule has 0 saturated heterocycles. The Morgan fingerprint density at radius 3 is 3.06 bits per heavy atom. The molecule has 0 aliphatic rings. The third-order valence-electron chi connectivity index (χ3n) is 2.30. The lowest BCUT2D eigenvalue weighted by molar-refractivity contribution is -0.385. The fourth-order valence-corrected chi connectivity index (χ4v) is 1.40. The van der Waals surface area contributed by atoms with E-state index in [-0.39, 0.29) is 5.69 Å². The molecule has 2 heterocycles. The van der Waals surface area contributed by atoms with Gasteiger partial charge in [-0.3, -0.25) is 10.1 Å². The lowest BCUT2D eigenvalue weighted by Crippen LogP contribution is -2.02. The Hall–Kier alpha value is -2.37. The zero-order valence-corrected chi connectivity index (χ0v) is 9.21. The zero-order valence-electron chi connectivity index (χ0n) is 9.21. The van der Waals surface area contributed by atoms with Crippen LogP contribution in [-0.2, 0) is 6.54 Å². The van der Waals surface area contributed by atoms with E-state index in [4.69, 9.17) is 4.42 Å². The summed E-state index contributed by atoms with van der Waals surface area (Å²) in [6.07, 6.45) is 3.05. The average Bonchev–Trinajstić information content (AvgIpc) is 2.80. The van der Waals surface area contributed by atoms with Crippen LogP contribution in [0.25, 0.3) is 0 Å². The summed E-state index contributed by atoms with van der Waals surface area (Å²) < 4.78 is 5.13. The first-order chi connectivity index (χ1) is 8.16. The molecule has 0 unspecified atom stereocenters. The van der Waals surface area contributed by atoms with Gasteiger partial charge in [-0.05, 0) is 19.1 Å². The van der Waals surface area contributed by atoms with Crippen molar-refractivity contribution in [3.05, 3.63) is 52.1 Å². The van der Waals surface area contributed by atoms with E-state index >= 15 is 0 Å². The lowest BCUT2D eigenvalue weighted by atomic mass is 10.2. The van der Waals surface area contributed by atoms with Crippen molar-refractivity contribution in [2.45, 2.75) is 13.5 Å². The molecule has 0 atom stereocenters. The van der Waals surface area contributed by atoms with Gasteiger partial charge in [0.15, 0.2) is 0 Å². The van der Waals surface area contributed by atoms with Crippen LogP contribution in [0.3, 0.4) is 0 Å². The van der Waals surface area contributed by atoms with Crippen LogP contribution in [0.1, 0.15) is 11.3 Å². The minimum absolute atomic E-state index is 0.0574. The highest BCUT2D eigenvalue weighted by molar-refractivity contribution is 5.48. The summed E-state index contributed by atoms with van der Waals surface area (Å²) in [5.41, 5.74) is 0.598. The Labute approximate surface area is 97.4 Å². The van der Waals surface area contributed by atoms with Gasteiger partial charge in [0.25, 0.3) is 5.69 Å². The van der Waals surface area contributed by atoms with Crippen molar-refractivity contribution in [3.8, 4) is 0 Å². The van der Waals surface area contributed by atoms with Crippen LogP contribution in [0.4, 0.5) is 11.5 Å². The molecule has 0 amide bonds. The molecular weight excluding hydrogens is 222 g/mol. The van der Waals surface area contributed by atoms with E-state index < -0.39 is 4.92 Å². The van der Waals surface area contributed by atoms with Crippen LogP contribution >= 0.6 is 0 Å². The maximum Gasteiger partial charge on any atom is 0.277 e. The number of nitrogens with one attached hydrogen (secondary N) is 1. The minimum atomic E-state index is -0.422. The molecule has 88 valence electrons. The number of hydrogen-bond acceptors (Lipinski definition) is 5. The molecule has 0 aromatic carbocycles. The molecule has 0 fully saturated rings. The summed E-state index contributed by atoms with van der Waals surface area (Å²) in [7, 11) is 0. The summed E-state index contributed by atoms with van der Waals surface area (Å²) in [5.74, 6) is 1.20. The minimum Gasteiger partial charge on any atom is -0.467 e. The molecule has 2 rings (SSSR count). The van der Waals surface area contributed by atoms with E-state index in [9.17, 15) is 10.1 Å². The van der Waals surface area contributed by atoms with E-state index in [1.165, 1.54) is 12.3 Å². The normalized spacial score (nSPS) is 10.2. The first-order valence-electron chi connectivity index (χ1n) is 5.04. The number of hydrogen-bond donors (Lipinski definition) is 1. The predicted octanol–water partition coefficient (Wildman–Crippen LogP) is 2.50. The first kappa shape index (κ1) is 11.1. The van der Waals surface area contributed by atoms with Gasteiger partial charge in [0, 0.05) is 11.8 Å². The van der Waals surface area contributed by atoms with E-state index in [1.807, 2.05) is 6.07 Å². The molecular formula is C11H11N3O3. The van der Waals surface area contributed by atoms with Crippen molar-refractivity contribution in [1.29, 1.82) is 0 Å². The molecule has 1 N–H and O–H groups in total. The quantitative estimate of drug-likeness (QED) is 0.648. The second kappa shape index (κ2) is 4.65. The Morgan fingerprint density at radius 2 is 2.41 bits per heavy atom. The van der Waals surface area contributed by atoms with Crippen LogP contribution < -0.4 is 5.32 Å². The number of nitrogens with zero attached hydrogens (tertiary/aromatic N) is 2. The van der Waals surface area contributed by atoms with E-state index in [2.05, 4.69) is 10.3 Å². The van der Waals surface area contributed by atoms with Gasteiger partial charge in [0.1, 0.15) is 11.6 Å². The van der Waals surface area contributed by atoms with Gasteiger partial charge in [0.2, 0.25) is 0 Å². The molecule has 0 aliphatic heterocycles. The van der Waals surface area contributed by atoms with Crippen LogP contribution in [0.5, 0.6) is 0 Å². The smallest absolute Gasteiger partial charge is 0.277 e. The molecule has 2 aromatic rings. The Balaban J connectivity index is 2.11. The monoisotopic (exact) mass is 233 g/mol. The van der Waals surface area contributed by atoms with Gasteiger partial charge in [-0.25, -0.2) is 4.98 Å². The molecule has 0 spiro atoms. The van der Waals surface area contributed by atoms with Crippen molar-refractivity contribution < 1.29 is 9.34 Å². The van der Waals surface area contributed by atoms with E-state index in [0.717, 1.165) is 5.76 Å². The second-order valence-electron chi connectivity index (χ2n) is 3.55. The van der Waals surface area contributed by atoms with Gasteiger partial charge in [-0.15, -0.1) is 0 Å². The van der Waals surface area contributed by atoms with Crippen molar-refractivity contribution >= 4 is 11.5 Å². The third-order valence-corrected chi connectivity index (χ3v) is 2.30. The Morgan fingerprint density at radius 1 is 1.59 bits per heavy atom. The van der Waals surface area contributed by atoms with Crippen LogP contribution in [0.2, 0.25) is 0 Å². The van der Waals surface area contributed by atoms with E-state index in [1.54, 1.807) is 19.3 Å². The maximum absolute atomic E-state index is 10.7. The predicted molar refractivity (Wildman–Crippen MR) is 61.7 cm³/mol. The van der Waals surface area contributed by atoms with Crippen LogP contribution in [0.15, 0.2) is 35.1 Å². The largest absolute Gasteiger partial charge is 0.467 e. The maximum atomic E-state index is 10.7. The number of anilines is 1. The number of rotatable bonds is 4. The molecule has 0 bridgehead atoms. The fourth-order valence-electron chi connectivity index (χ4n) is 1.40. The number of furan rings is 1. The highest BCUT2D eigenvalue weighted by Gasteiger charge is 2.11. The molecule has 6 heteroatoms. The topological polar surface area (TPSA) is 81.2 Å². The molecule has 0 aliphatic carbocycles. The number of aryl methyl sites for hydroxylation is 1. The molecule has 0 radical (unpaired) electrons. The van der Waals surface area contributed by atoms with E-state index in [0.29, 0.717) is 17.9 Å². The molecule has 6 nitrogen and oxygen atoms in total. The molecule has 17 heavy (non-hydrogen) atoms. The first-order valence-corrected chi connectivity index (χ1v) is 5.04. The standard InChI is InChI=1S/C11H11N3O3/c1-8-6-12-11(5-10(8)14(15)16)13-7-9-3-2-4-17-9/h2-6H,7H2,1H3,(H,12,13). The Kier molecular flexibility index (Phi) is 3.04. The lowest BCUT2D eigenvalue weighted by Gasteiger charge is -2.04. The fraction of sp³-hybridized carbons (Fsp3) is 0.182. The summed E-state index contributed by atoms with van der Waals surface area (Å²) in [4.78, 5) is 14.4. The van der Waals surface area contributed by atoms with Crippen LogP contribution in [-0.4, -0.2) is 9.91 Å². The number of pyridine rings is 1. The zero-order chi connectivity index (χ0) is 12.3. The molecule has 2 aromatic heterocycles. The summed E-state index contributed by atoms with van der Waals surface area (Å²) >= 11 is 0. The highest BCUT2D eigenvalue weighted by Crippen LogP contribution is 2.20. The number of nitro groups is 1. The number of aromatic nitrogens is 1. The average molecular weight is 233 g/mol.